The van der Waals surface area contributed by atoms with Crippen molar-refractivity contribution in [2.45, 2.75) is 52.2 Å². The lowest BCUT2D eigenvalue weighted by Crippen LogP contribution is -2.47. The molecule has 2 saturated heterocycles. The minimum Gasteiger partial charge on any atom is -0.457 e. The van der Waals surface area contributed by atoms with E-state index in [4.69, 9.17) is 14.7 Å². The lowest BCUT2D eigenvalue weighted by atomic mass is 9.77. The maximum Gasteiger partial charge on any atom is 0.338 e. The zero-order chi connectivity index (χ0) is 25.4. The van der Waals surface area contributed by atoms with E-state index in [-0.39, 0.29) is 35.9 Å². The average molecular weight is 493 g/mol. The Morgan fingerprint density at radius 1 is 1.06 bits per heavy atom. The van der Waals surface area contributed by atoms with Gasteiger partial charge in [-0.15, -0.1) is 0 Å². The molecule has 36 heavy (non-hydrogen) atoms. The Kier molecular flexibility index (Phi) is 6.58. The number of nitrogens with one attached hydrogen (secondary N) is 1. The van der Waals surface area contributed by atoms with Crippen molar-refractivity contribution in [3.8, 4) is 6.07 Å². The standard InChI is InChI=1S/C27H32N4O5/c1-17-19(4-5-20-21(17)15-35-25(20)33)22(29-10-3-9-28)14-30-11-6-27(7-12-30)8-13-31(26(27)34)23-16-36-24(32)18(23)2/h4-5,22,29H,3,6-8,10-16H2,1-2H3. The van der Waals surface area contributed by atoms with Gasteiger partial charge in [-0.05, 0) is 63.4 Å². The third-order valence-corrected chi connectivity index (χ3v) is 8.38. The third kappa shape index (κ3) is 4.18. The van der Waals surface area contributed by atoms with Gasteiger partial charge in [0.1, 0.15) is 13.2 Å². The molecule has 9 heteroatoms. The van der Waals surface area contributed by atoms with Crippen LogP contribution in [0.3, 0.4) is 0 Å². The zero-order valence-corrected chi connectivity index (χ0v) is 20.9. The van der Waals surface area contributed by atoms with Crippen LogP contribution in [0, 0.1) is 23.7 Å². The van der Waals surface area contributed by atoms with E-state index in [2.05, 4.69) is 16.3 Å². The third-order valence-electron chi connectivity index (χ3n) is 8.38. The highest BCUT2D eigenvalue weighted by molar-refractivity contribution is 5.94. The molecule has 1 unspecified atom stereocenters. The van der Waals surface area contributed by atoms with Crippen LogP contribution in [-0.4, -0.2) is 67.0 Å². The number of rotatable bonds is 7. The lowest BCUT2D eigenvalue weighted by Gasteiger charge is -2.39. The number of hydrogen-bond donors (Lipinski definition) is 1. The largest absolute Gasteiger partial charge is 0.457 e. The number of piperidine rings is 1. The van der Waals surface area contributed by atoms with Gasteiger partial charge in [0.2, 0.25) is 5.91 Å². The normalized spacial score (nSPS) is 22.1. The van der Waals surface area contributed by atoms with E-state index in [1.807, 2.05) is 19.1 Å². The second-order valence-electron chi connectivity index (χ2n) is 10.2. The van der Waals surface area contributed by atoms with Gasteiger partial charge < -0.3 is 24.6 Å². The molecule has 0 bridgehead atoms. The summed E-state index contributed by atoms with van der Waals surface area (Å²) in [6.45, 7) is 7.81. The number of nitriles is 1. The van der Waals surface area contributed by atoms with E-state index in [1.54, 1.807) is 11.8 Å². The first-order valence-corrected chi connectivity index (χ1v) is 12.7. The molecule has 0 saturated carbocycles. The van der Waals surface area contributed by atoms with E-state index in [9.17, 15) is 14.4 Å². The van der Waals surface area contributed by atoms with E-state index in [0.717, 1.165) is 61.3 Å². The number of fused-ring (bicyclic) bond motifs is 1. The Morgan fingerprint density at radius 2 is 1.78 bits per heavy atom. The number of esters is 2. The Labute approximate surface area is 211 Å². The minimum absolute atomic E-state index is 0.00126. The van der Waals surface area contributed by atoms with Gasteiger partial charge >= 0.3 is 11.9 Å². The molecule has 1 aromatic rings. The molecular formula is C27H32N4O5. The first-order valence-electron chi connectivity index (χ1n) is 12.7. The number of ether oxygens (including phenoxy) is 2. The zero-order valence-electron chi connectivity index (χ0n) is 20.9. The van der Waals surface area contributed by atoms with Crippen molar-refractivity contribution in [1.82, 2.24) is 15.1 Å². The molecule has 4 aliphatic heterocycles. The van der Waals surface area contributed by atoms with Crippen LogP contribution in [0.1, 0.15) is 65.7 Å². The molecule has 1 aromatic carbocycles. The van der Waals surface area contributed by atoms with Crippen LogP contribution in [0.5, 0.6) is 0 Å². The Bertz CT molecular complexity index is 1180. The van der Waals surface area contributed by atoms with Gasteiger partial charge in [-0.3, -0.25) is 4.79 Å². The van der Waals surface area contributed by atoms with Crippen LogP contribution in [0.15, 0.2) is 23.4 Å². The van der Waals surface area contributed by atoms with Crippen molar-refractivity contribution < 1.29 is 23.9 Å². The van der Waals surface area contributed by atoms with Crippen molar-refractivity contribution in [2.75, 3.05) is 39.3 Å². The number of cyclic esters (lactones) is 2. The Hall–Kier alpha value is -3.22. The highest BCUT2D eigenvalue weighted by atomic mass is 16.5. The number of nitrogens with zero attached hydrogens (tertiary/aromatic N) is 3. The number of amides is 1. The summed E-state index contributed by atoms with van der Waals surface area (Å²) in [4.78, 5) is 41.4. The fraction of sp³-hybridized carbons (Fsp3) is 0.556. The van der Waals surface area contributed by atoms with Crippen LogP contribution in [0.4, 0.5) is 0 Å². The minimum atomic E-state index is -0.375. The van der Waals surface area contributed by atoms with Gasteiger partial charge in [0.25, 0.3) is 0 Å². The van der Waals surface area contributed by atoms with Crippen molar-refractivity contribution in [3.63, 3.8) is 0 Å². The molecule has 4 heterocycles. The van der Waals surface area contributed by atoms with E-state index in [0.29, 0.717) is 37.3 Å². The number of hydrogen-bond acceptors (Lipinski definition) is 8. The number of benzene rings is 1. The number of carbonyl (C=O) groups is 3. The molecule has 1 atom stereocenters. The Morgan fingerprint density at radius 3 is 2.47 bits per heavy atom. The average Bonchev–Trinajstić information content (AvgIpc) is 3.52. The number of likely N-dealkylation sites (tertiary alicyclic amines) is 2. The van der Waals surface area contributed by atoms with Crippen LogP contribution < -0.4 is 5.32 Å². The van der Waals surface area contributed by atoms with E-state index < -0.39 is 0 Å². The predicted molar refractivity (Wildman–Crippen MR) is 129 cm³/mol. The summed E-state index contributed by atoms with van der Waals surface area (Å²) in [7, 11) is 0. The molecule has 9 nitrogen and oxygen atoms in total. The molecular weight excluding hydrogens is 460 g/mol. The van der Waals surface area contributed by atoms with Crippen LogP contribution in [-0.2, 0) is 25.7 Å². The molecule has 5 rings (SSSR count). The fourth-order valence-electron chi connectivity index (χ4n) is 6.03. The van der Waals surface area contributed by atoms with Crippen molar-refractivity contribution >= 4 is 17.8 Å². The summed E-state index contributed by atoms with van der Waals surface area (Å²) in [5, 5.41) is 12.6. The van der Waals surface area contributed by atoms with Crippen LogP contribution in [0.25, 0.3) is 0 Å². The van der Waals surface area contributed by atoms with Gasteiger partial charge in [-0.25, -0.2) is 9.59 Å². The number of carbonyl (C=O) groups excluding carboxylic acids is 3. The molecule has 1 N–H and O–H groups in total. The molecule has 0 radical (unpaired) electrons. The van der Waals surface area contributed by atoms with Crippen molar-refractivity contribution in [1.29, 1.82) is 5.26 Å². The molecule has 0 aliphatic carbocycles. The van der Waals surface area contributed by atoms with Gasteiger partial charge in [0.15, 0.2) is 0 Å². The van der Waals surface area contributed by atoms with Crippen molar-refractivity contribution in [2.24, 2.45) is 5.41 Å². The van der Waals surface area contributed by atoms with Crippen LogP contribution in [0.2, 0.25) is 0 Å². The van der Waals surface area contributed by atoms with Gasteiger partial charge in [0.05, 0.1) is 28.3 Å². The summed E-state index contributed by atoms with van der Waals surface area (Å²) >= 11 is 0. The van der Waals surface area contributed by atoms with Crippen LogP contribution >= 0.6 is 0 Å². The fourth-order valence-corrected chi connectivity index (χ4v) is 6.03. The van der Waals surface area contributed by atoms with E-state index in [1.165, 1.54) is 0 Å². The first kappa shape index (κ1) is 24.5. The highest BCUT2D eigenvalue weighted by Crippen LogP contribution is 2.44. The SMILES string of the molecule is CC1=C(N2CCC3(CCN(CC(NCCC#N)c4ccc5c(c4C)COC5=O)CC3)C2=O)COC1=O. The van der Waals surface area contributed by atoms with Gasteiger partial charge in [-0.1, -0.05) is 6.07 Å². The quantitative estimate of drug-likeness (QED) is 0.456. The molecule has 2 fully saturated rings. The van der Waals surface area contributed by atoms with Gasteiger partial charge in [0, 0.05) is 37.7 Å². The molecule has 1 amide bonds. The second-order valence-corrected chi connectivity index (χ2v) is 10.2. The highest BCUT2D eigenvalue weighted by Gasteiger charge is 2.50. The lowest BCUT2D eigenvalue weighted by molar-refractivity contribution is -0.138. The monoisotopic (exact) mass is 492 g/mol. The topological polar surface area (TPSA) is 112 Å². The predicted octanol–water partition coefficient (Wildman–Crippen LogP) is 2.36. The maximum atomic E-state index is 13.4. The summed E-state index contributed by atoms with van der Waals surface area (Å²) in [6, 6.07) is 6.03. The van der Waals surface area contributed by atoms with E-state index >= 15 is 0 Å². The molecule has 1 spiro atoms. The smallest absolute Gasteiger partial charge is 0.338 e. The molecule has 0 aromatic heterocycles. The summed E-state index contributed by atoms with van der Waals surface area (Å²) in [5.74, 6) is -0.483. The molecule has 190 valence electrons. The second kappa shape index (κ2) is 9.68. The summed E-state index contributed by atoms with van der Waals surface area (Å²) in [5.41, 5.74) is 4.64. The van der Waals surface area contributed by atoms with Gasteiger partial charge in [-0.2, -0.15) is 5.26 Å². The molecule has 4 aliphatic rings. The summed E-state index contributed by atoms with van der Waals surface area (Å²) < 4.78 is 10.4. The summed E-state index contributed by atoms with van der Waals surface area (Å²) in [6.07, 6.45) is 2.77. The first-order chi connectivity index (χ1) is 17.3. The Balaban J connectivity index is 1.28. The van der Waals surface area contributed by atoms with Crippen molar-refractivity contribution in [3.05, 3.63) is 45.7 Å². The maximum absolute atomic E-state index is 13.4.